The number of furan rings is 1. The molecule has 4 heterocycles. The molecule has 3 aliphatic heterocycles. The van der Waals surface area contributed by atoms with Gasteiger partial charge in [0.1, 0.15) is 5.76 Å². The minimum absolute atomic E-state index is 0.0442. The molecule has 4 rings (SSSR count). The zero-order valence-corrected chi connectivity index (χ0v) is 18.8. The standard InChI is InChI=1S/C24H37N3O4/c1-30-13-6-12-26(16-19-7-4-11-25-10-3-2-9-22(19)25)24(29)20-15-23(28)27(17-20)18-21-8-5-14-31-21/h5,8,14,19-20,22H,2-4,6-7,9-13,15-18H2,1H3/t19-,20+,22+/m0/s1. The van der Waals surface area contributed by atoms with Crippen molar-refractivity contribution in [3.8, 4) is 0 Å². The molecule has 0 saturated carbocycles. The van der Waals surface area contributed by atoms with Gasteiger partial charge in [0.25, 0.3) is 0 Å². The Kier molecular flexibility index (Phi) is 7.67. The van der Waals surface area contributed by atoms with Crippen molar-refractivity contribution >= 4 is 11.8 Å². The van der Waals surface area contributed by atoms with Crippen LogP contribution < -0.4 is 0 Å². The second-order valence-corrected chi connectivity index (χ2v) is 9.39. The molecule has 31 heavy (non-hydrogen) atoms. The summed E-state index contributed by atoms with van der Waals surface area (Å²) in [4.78, 5) is 32.6. The topological polar surface area (TPSA) is 66.2 Å². The summed E-state index contributed by atoms with van der Waals surface area (Å²) >= 11 is 0. The molecule has 0 spiro atoms. The van der Waals surface area contributed by atoms with Crippen molar-refractivity contribution < 1.29 is 18.7 Å². The van der Waals surface area contributed by atoms with Gasteiger partial charge < -0.3 is 23.9 Å². The summed E-state index contributed by atoms with van der Waals surface area (Å²) in [5, 5.41) is 0. The molecule has 0 bridgehead atoms. The fourth-order valence-electron chi connectivity index (χ4n) is 5.70. The highest BCUT2D eigenvalue weighted by molar-refractivity contribution is 5.89. The van der Waals surface area contributed by atoms with E-state index in [2.05, 4.69) is 9.80 Å². The highest BCUT2D eigenvalue weighted by Gasteiger charge is 2.39. The number of carbonyl (C=O) groups excluding carboxylic acids is 2. The fraction of sp³-hybridized carbons (Fsp3) is 0.750. The van der Waals surface area contributed by atoms with E-state index in [4.69, 9.17) is 9.15 Å². The van der Waals surface area contributed by atoms with Gasteiger partial charge in [-0.25, -0.2) is 0 Å². The van der Waals surface area contributed by atoms with Gasteiger partial charge in [-0.3, -0.25) is 9.59 Å². The van der Waals surface area contributed by atoms with E-state index >= 15 is 0 Å². The van der Waals surface area contributed by atoms with Gasteiger partial charge >= 0.3 is 0 Å². The van der Waals surface area contributed by atoms with Crippen LogP contribution in [0.2, 0.25) is 0 Å². The molecule has 3 fully saturated rings. The Morgan fingerprint density at radius 2 is 2.13 bits per heavy atom. The van der Waals surface area contributed by atoms with Gasteiger partial charge in [-0.2, -0.15) is 0 Å². The van der Waals surface area contributed by atoms with Gasteiger partial charge in [-0.1, -0.05) is 6.42 Å². The smallest absolute Gasteiger partial charge is 0.228 e. The second kappa shape index (κ2) is 10.6. The van der Waals surface area contributed by atoms with Gasteiger partial charge in [-0.05, 0) is 63.2 Å². The molecule has 0 aromatic carbocycles. The van der Waals surface area contributed by atoms with Crippen LogP contribution in [0.1, 0.15) is 50.7 Å². The van der Waals surface area contributed by atoms with Crippen LogP contribution in [0.5, 0.6) is 0 Å². The van der Waals surface area contributed by atoms with E-state index in [1.807, 2.05) is 12.1 Å². The molecule has 1 aromatic rings. The molecule has 0 aliphatic carbocycles. The number of rotatable bonds is 9. The van der Waals surface area contributed by atoms with Crippen molar-refractivity contribution in [3.63, 3.8) is 0 Å². The first kappa shape index (κ1) is 22.3. The highest BCUT2D eigenvalue weighted by atomic mass is 16.5. The first-order valence-electron chi connectivity index (χ1n) is 12.0. The number of amides is 2. The summed E-state index contributed by atoms with van der Waals surface area (Å²) in [6.07, 6.45) is 9.03. The van der Waals surface area contributed by atoms with E-state index in [0.29, 0.717) is 44.6 Å². The van der Waals surface area contributed by atoms with E-state index in [0.717, 1.165) is 18.7 Å². The van der Waals surface area contributed by atoms with Crippen LogP contribution >= 0.6 is 0 Å². The average molecular weight is 432 g/mol. The third-order valence-electron chi connectivity index (χ3n) is 7.26. The summed E-state index contributed by atoms with van der Waals surface area (Å²) in [6, 6.07) is 4.31. The maximum atomic E-state index is 13.5. The monoisotopic (exact) mass is 431 g/mol. The van der Waals surface area contributed by atoms with Crippen LogP contribution in [0, 0.1) is 11.8 Å². The average Bonchev–Trinajstić information content (AvgIpc) is 3.43. The lowest BCUT2D eigenvalue weighted by Crippen LogP contribution is -2.52. The Hall–Kier alpha value is -1.86. The van der Waals surface area contributed by atoms with Gasteiger partial charge in [0, 0.05) is 45.8 Å². The number of piperidine rings is 2. The molecule has 0 N–H and O–H groups in total. The molecule has 7 nitrogen and oxygen atoms in total. The van der Waals surface area contributed by atoms with Crippen LogP contribution in [0.4, 0.5) is 0 Å². The minimum Gasteiger partial charge on any atom is -0.467 e. The Bertz CT molecular complexity index is 720. The molecular formula is C24H37N3O4. The van der Waals surface area contributed by atoms with Crippen molar-refractivity contribution in [1.82, 2.24) is 14.7 Å². The zero-order valence-electron chi connectivity index (χ0n) is 18.8. The molecule has 3 saturated heterocycles. The van der Waals surface area contributed by atoms with Crippen LogP contribution in [0.25, 0.3) is 0 Å². The van der Waals surface area contributed by atoms with Crippen molar-refractivity contribution in [3.05, 3.63) is 24.2 Å². The van der Waals surface area contributed by atoms with E-state index in [9.17, 15) is 9.59 Å². The maximum absolute atomic E-state index is 13.5. The predicted molar refractivity (Wildman–Crippen MR) is 117 cm³/mol. The van der Waals surface area contributed by atoms with Gasteiger partial charge in [-0.15, -0.1) is 0 Å². The number of nitrogens with zero attached hydrogens (tertiary/aromatic N) is 3. The SMILES string of the molecule is COCCCN(C[C@@H]1CCCN2CCCC[C@H]12)C(=O)[C@@H]1CC(=O)N(Cc2ccco2)C1. The van der Waals surface area contributed by atoms with Crippen LogP contribution in [0.3, 0.4) is 0 Å². The summed E-state index contributed by atoms with van der Waals surface area (Å²) in [5.74, 6) is 1.23. The van der Waals surface area contributed by atoms with Crippen LogP contribution in [0.15, 0.2) is 22.8 Å². The Morgan fingerprint density at radius 3 is 2.94 bits per heavy atom. The lowest BCUT2D eigenvalue weighted by atomic mass is 9.83. The number of ether oxygens (including phenoxy) is 1. The van der Waals surface area contributed by atoms with Gasteiger partial charge in [0.2, 0.25) is 11.8 Å². The molecule has 172 valence electrons. The van der Waals surface area contributed by atoms with Crippen molar-refractivity contribution in [2.24, 2.45) is 11.8 Å². The lowest BCUT2D eigenvalue weighted by molar-refractivity contribution is -0.137. The van der Waals surface area contributed by atoms with E-state index in [1.54, 1.807) is 18.3 Å². The number of carbonyl (C=O) groups is 2. The number of hydrogen-bond acceptors (Lipinski definition) is 5. The first-order valence-corrected chi connectivity index (χ1v) is 12.0. The minimum atomic E-state index is -0.254. The normalized spacial score (nSPS) is 26.8. The summed E-state index contributed by atoms with van der Waals surface area (Å²) in [7, 11) is 1.70. The number of likely N-dealkylation sites (tertiary alicyclic amines) is 1. The largest absolute Gasteiger partial charge is 0.467 e. The summed E-state index contributed by atoms with van der Waals surface area (Å²) in [5.41, 5.74) is 0. The Labute approximate surface area is 185 Å². The van der Waals surface area contributed by atoms with Crippen LogP contribution in [-0.4, -0.2) is 79.0 Å². The predicted octanol–water partition coefficient (Wildman–Crippen LogP) is 2.76. The van der Waals surface area contributed by atoms with Crippen molar-refractivity contribution in [1.29, 1.82) is 0 Å². The molecule has 1 aromatic heterocycles. The molecule has 2 amide bonds. The maximum Gasteiger partial charge on any atom is 0.228 e. The van der Waals surface area contributed by atoms with Crippen molar-refractivity contribution in [2.75, 3.05) is 46.4 Å². The first-order chi connectivity index (χ1) is 15.2. The Morgan fingerprint density at radius 1 is 1.26 bits per heavy atom. The quantitative estimate of drug-likeness (QED) is 0.563. The molecule has 0 radical (unpaired) electrons. The van der Waals surface area contributed by atoms with Crippen molar-refractivity contribution in [2.45, 2.75) is 57.5 Å². The second-order valence-electron chi connectivity index (χ2n) is 9.39. The third-order valence-corrected chi connectivity index (χ3v) is 7.26. The van der Waals surface area contributed by atoms with E-state index < -0.39 is 0 Å². The highest BCUT2D eigenvalue weighted by Crippen LogP contribution is 2.32. The molecular weight excluding hydrogens is 394 g/mol. The molecule has 0 unspecified atom stereocenters. The zero-order chi connectivity index (χ0) is 21.6. The van der Waals surface area contributed by atoms with E-state index in [1.165, 1.54) is 45.2 Å². The molecule has 3 atom stereocenters. The van der Waals surface area contributed by atoms with Crippen LogP contribution in [-0.2, 0) is 20.9 Å². The third kappa shape index (κ3) is 5.50. The molecule has 7 heteroatoms. The number of hydrogen-bond donors (Lipinski definition) is 0. The number of fused-ring (bicyclic) bond motifs is 1. The Balaban J connectivity index is 1.40. The fourth-order valence-corrected chi connectivity index (χ4v) is 5.70. The summed E-state index contributed by atoms with van der Waals surface area (Å²) in [6.45, 7) is 5.51. The van der Waals surface area contributed by atoms with Gasteiger partial charge in [0.15, 0.2) is 0 Å². The number of methoxy groups -OCH3 is 1. The van der Waals surface area contributed by atoms with E-state index in [-0.39, 0.29) is 17.7 Å². The molecule has 3 aliphatic rings. The lowest BCUT2D eigenvalue weighted by Gasteiger charge is -2.46. The summed E-state index contributed by atoms with van der Waals surface area (Å²) < 4.78 is 10.6. The van der Waals surface area contributed by atoms with Gasteiger partial charge in [0.05, 0.1) is 18.7 Å².